The van der Waals surface area contributed by atoms with E-state index in [1.165, 1.54) is 0 Å². The number of nitrogens with two attached hydrogens (primary N) is 1. The number of ether oxygens (including phenoxy) is 1. The summed E-state index contributed by atoms with van der Waals surface area (Å²) in [6, 6.07) is 0. The Morgan fingerprint density at radius 3 is 2.33 bits per heavy atom. The SMILES string of the molecule is CCOC(N)C[O-].[NH3+]O. The Morgan fingerprint density at radius 1 is 1.78 bits per heavy atom. The van der Waals surface area contributed by atoms with E-state index in [1.54, 1.807) is 6.92 Å². The summed E-state index contributed by atoms with van der Waals surface area (Å²) in [4.78, 5) is 0. The van der Waals surface area contributed by atoms with Gasteiger partial charge in [-0.25, -0.2) is 11.1 Å². The Labute approximate surface area is 54.2 Å². The van der Waals surface area contributed by atoms with Crippen LogP contribution in [0.25, 0.3) is 0 Å². The molecule has 0 heterocycles. The third kappa shape index (κ3) is 11.4. The first-order chi connectivity index (χ1) is 4.31. The van der Waals surface area contributed by atoms with Crippen molar-refractivity contribution in [2.24, 2.45) is 5.73 Å². The minimum atomic E-state index is -0.606. The molecule has 58 valence electrons. The second-order valence-electron chi connectivity index (χ2n) is 1.16. The van der Waals surface area contributed by atoms with Crippen molar-refractivity contribution in [3.05, 3.63) is 0 Å². The molecule has 5 nitrogen and oxygen atoms in total. The summed E-state index contributed by atoms with van der Waals surface area (Å²) in [6.07, 6.45) is -0.606. The van der Waals surface area contributed by atoms with Gasteiger partial charge in [-0.2, -0.15) is 0 Å². The summed E-state index contributed by atoms with van der Waals surface area (Å²) in [7, 11) is 0. The van der Waals surface area contributed by atoms with E-state index < -0.39 is 6.23 Å². The maximum Gasteiger partial charge on any atom is 0.0897 e. The molecule has 0 saturated heterocycles. The molecule has 0 aliphatic rings. The molecule has 0 saturated carbocycles. The van der Waals surface area contributed by atoms with Gasteiger partial charge in [0.2, 0.25) is 0 Å². The second-order valence-corrected chi connectivity index (χ2v) is 1.16. The van der Waals surface area contributed by atoms with E-state index >= 15 is 0 Å². The van der Waals surface area contributed by atoms with Crippen LogP contribution in [0.2, 0.25) is 0 Å². The predicted molar refractivity (Wildman–Crippen MR) is 29.1 cm³/mol. The molecule has 0 aliphatic heterocycles. The van der Waals surface area contributed by atoms with E-state index in [9.17, 15) is 5.11 Å². The van der Waals surface area contributed by atoms with Crippen LogP contribution in [0.3, 0.4) is 0 Å². The van der Waals surface area contributed by atoms with Crippen LogP contribution in [-0.2, 0) is 4.74 Å². The largest absolute Gasteiger partial charge is 0.852 e. The van der Waals surface area contributed by atoms with Crippen LogP contribution in [0, 0.1) is 0 Å². The zero-order valence-electron chi connectivity index (χ0n) is 5.54. The first-order valence-corrected chi connectivity index (χ1v) is 2.58. The van der Waals surface area contributed by atoms with Crippen molar-refractivity contribution < 1.29 is 20.9 Å². The van der Waals surface area contributed by atoms with Crippen LogP contribution in [0.1, 0.15) is 6.92 Å². The minimum absolute atomic E-state index is 0.353. The Balaban J connectivity index is 0. The Morgan fingerprint density at radius 2 is 2.22 bits per heavy atom. The van der Waals surface area contributed by atoms with Gasteiger partial charge in [-0.05, 0) is 6.92 Å². The molecular weight excluding hydrogens is 124 g/mol. The molecule has 9 heavy (non-hydrogen) atoms. The maximum absolute atomic E-state index is 9.77. The minimum Gasteiger partial charge on any atom is -0.852 e. The number of hydrogen-bond donors (Lipinski definition) is 3. The molecule has 1 unspecified atom stereocenters. The van der Waals surface area contributed by atoms with Crippen molar-refractivity contribution in [1.82, 2.24) is 0 Å². The quantitative estimate of drug-likeness (QED) is 0.291. The van der Waals surface area contributed by atoms with Gasteiger partial charge in [0.25, 0.3) is 0 Å². The Bertz CT molecular complexity index is 44.8. The third-order valence-corrected chi connectivity index (χ3v) is 0.545. The van der Waals surface area contributed by atoms with Gasteiger partial charge >= 0.3 is 0 Å². The van der Waals surface area contributed by atoms with Crippen LogP contribution in [0.5, 0.6) is 0 Å². The molecule has 1 atom stereocenters. The van der Waals surface area contributed by atoms with Crippen molar-refractivity contribution >= 4 is 0 Å². The summed E-state index contributed by atoms with van der Waals surface area (Å²) in [6.45, 7) is 1.97. The van der Waals surface area contributed by atoms with E-state index in [2.05, 4.69) is 10.6 Å². The molecule has 0 rings (SSSR count). The normalized spacial score (nSPS) is 11.7. The summed E-state index contributed by atoms with van der Waals surface area (Å²) in [5.74, 6) is 2.25. The topological polar surface area (TPSA) is 106 Å². The summed E-state index contributed by atoms with van der Waals surface area (Å²) >= 11 is 0. The first-order valence-electron chi connectivity index (χ1n) is 2.58. The Hall–Kier alpha value is -0.200. The van der Waals surface area contributed by atoms with E-state index in [1.807, 2.05) is 0 Å². The summed E-state index contributed by atoms with van der Waals surface area (Å²) in [5, 5.41) is 16.5. The van der Waals surface area contributed by atoms with Gasteiger partial charge in [0.1, 0.15) is 0 Å². The summed E-state index contributed by atoms with van der Waals surface area (Å²) in [5.41, 5.74) is 5.05. The lowest BCUT2D eigenvalue weighted by Gasteiger charge is -2.12. The number of quaternary nitrogens is 1. The Kier molecular flexibility index (Phi) is 13.8. The third-order valence-electron chi connectivity index (χ3n) is 0.545. The highest BCUT2D eigenvalue weighted by Crippen LogP contribution is 1.74. The summed E-state index contributed by atoms with van der Waals surface area (Å²) < 4.78 is 4.66. The van der Waals surface area contributed by atoms with Gasteiger partial charge in [0.05, 0.1) is 6.23 Å². The molecule has 0 bridgehead atoms. The highest BCUT2D eigenvalue weighted by Gasteiger charge is 1.87. The van der Waals surface area contributed by atoms with Gasteiger partial charge in [-0.1, -0.05) is 6.61 Å². The van der Waals surface area contributed by atoms with Gasteiger partial charge in [0, 0.05) is 6.61 Å². The molecule has 6 N–H and O–H groups in total. The lowest BCUT2D eigenvalue weighted by atomic mass is 10.6. The van der Waals surface area contributed by atoms with Crippen molar-refractivity contribution in [1.29, 1.82) is 0 Å². The van der Waals surface area contributed by atoms with Crippen LogP contribution >= 0.6 is 0 Å². The molecule has 0 spiro atoms. The van der Waals surface area contributed by atoms with E-state index in [0.717, 1.165) is 0 Å². The molecule has 0 radical (unpaired) electrons. The molecule has 0 amide bonds. The average Bonchev–Trinajstić information content (AvgIpc) is 1.93. The predicted octanol–water partition coefficient (Wildman–Crippen LogP) is -2.71. The molecule has 0 fully saturated rings. The van der Waals surface area contributed by atoms with E-state index in [0.29, 0.717) is 6.61 Å². The van der Waals surface area contributed by atoms with Crippen molar-refractivity contribution in [3.63, 3.8) is 0 Å². The highest BCUT2D eigenvalue weighted by molar-refractivity contribution is 4.36. The molecule has 0 aromatic rings. The van der Waals surface area contributed by atoms with E-state index in [4.69, 9.17) is 10.9 Å². The smallest absolute Gasteiger partial charge is 0.0897 e. The van der Waals surface area contributed by atoms with Crippen molar-refractivity contribution in [2.75, 3.05) is 13.2 Å². The molecule has 0 aromatic heterocycles. The second kappa shape index (κ2) is 10.7. The van der Waals surface area contributed by atoms with Crippen LogP contribution < -0.4 is 16.7 Å². The molecular formula is C4H14N2O3. The maximum atomic E-state index is 9.77. The van der Waals surface area contributed by atoms with Gasteiger partial charge in [-0.15, -0.1) is 0 Å². The lowest BCUT2D eigenvalue weighted by molar-refractivity contribution is -0.670. The van der Waals surface area contributed by atoms with E-state index in [-0.39, 0.29) is 6.61 Å². The van der Waals surface area contributed by atoms with Crippen LogP contribution in [0.15, 0.2) is 0 Å². The van der Waals surface area contributed by atoms with Crippen molar-refractivity contribution in [2.45, 2.75) is 13.2 Å². The first kappa shape index (κ1) is 11.6. The van der Waals surface area contributed by atoms with Crippen LogP contribution in [0.4, 0.5) is 0 Å². The fraction of sp³-hybridized carbons (Fsp3) is 1.00. The molecule has 0 aliphatic carbocycles. The highest BCUT2D eigenvalue weighted by atomic mass is 16.5. The fourth-order valence-electron chi connectivity index (χ4n) is 0.262. The number of rotatable bonds is 3. The van der Waals surface area contributed by atoms with Gasteiger partial charge in [0.15, 0.2) is 0 Å². The zero-order chi connectivity index (χ0) is 7.70. The molecule has 5 heteroatoms. The van der Waals surface area contributed by atoms with Crippen molar-refractivity contribution in [3.8, 4) is 0 Å². The molecule has 0 aromatic carbocycles. The van der Waals surface area contributed by atoms with Gasteiger partial charge in [-0.3, -0.25) is 0 Å². The zero-order valence-corrected chi connectivity index (χ0v) is 5.54. The fourth-order valence-corrected chi connectivity index (χ4v) is 0.262. The lowest BCUT2D eigenvalue weighted by Crippen LogP contribution is -2.42. The van der Waals surface area contributed by atoms with Gasteiger partial charge < -0.3 is 15.6 Å². The monoisotopic (exact) mass is 138 g/mol. The van der Waals surface area contributed by atoms with Crippen LogP contribution in [-0.4, -0.2) is 24.6 Å². The standard InChI is InChI=1S/C4H10NO2.H4NO/c1-2-7-4(5)3-6;1-2/h4H,2-3,5H2,1H3;2H,1H3/q-1;+1. The average molecular weight is 138 g/mol. The number of hydrogen-bond acceptors (Lipinski definition) is 4.